The third-order valence-corrected chi connectivity index (χ3v) is 2.75. The Kier molecular flexibility index (Phi) is 7.15. The van der Waals surface area contributed by atoms with Gasteiger partial charge in [0, 0.05) is 6.54 Å². The molecule has 0 aromatic heterocycles. The van der Waals surface area contributed by atoms with E-state index in [1.54, 1.807) is 0 Å². The van der Waals surface area contributed by atoms with Gasteiger partial charge in [0.05, 0.1) is 5.92 Å². The van der Waals surface area contributed by atoms with Crippen molar-refractivity contribution in [3.05, 3.63) is 0 Å². The number of carboxylic acids is 1. The summed E-state index contributed by atoms with van der Waals surface area (Å²) in [5.41, 5.74) is 0. The average Bonchev–Trinajstić information content (AvgIpc) is 2.68. The Bertz CT molecular complexity index is 265. The van der Waals surface area contributed by atoms with Gasteiger partial charge in [-0.25, -0.2) is 4.79 Å². The number of carbonyl (C=O) groups excluding carboxylic acids is 1. The SMILES string of the molecule is CC(C)C[C@H](NC(=O)C1CCNC1)C(=O)O.Cl. The zero-order chi connectivity index (χ0) is 12.1. The summed E-state index contributed by atoms with van der Waals surface area (Å²) in [5, 5.41) is 14.7. The van der Waals surface area contributed by atoms with Crippen LogP contribution in [0, 0.1) is 11.8 Å². The molecule has 0 aromatic rings. The van der Waals surface area contributed by atoms with Crippen LogP contribution in [0.15, 0.2) is 0 Å². The molecule has 0 radical (unpaired) electrons. The molecule has 1 unspecified atom stereocenters. The molecule has 1 saturated heterocycles. The maximum absolute atomic E-state index is 11.7. The number of carboxylic acid groups (broad SMARTS) is 1. The summed E-state index contributed by atoms with van der Waals surface area (Å²) in [6.45, 7) is 5.37. The van der Waals surface area contributed by atoms with Crippen molar-refractivity contribution in [3.8, 4) is 0 Å². The standard InChI is InChI=1S/C11H20N2O3.ClH/c1-7(2)5-9(11(15)16)13-10(14)8-3-4-12-6-8;/h7-9,12H,3-6H2,1-2H3,(H,13,14)(H,15,16);1H/t8?,9-;/m0./s1. The molecule has 100 valence electrons. The molecule has 2 atom stereocenters. The van der Waals surface area contributed by atoms with Crippen molar-refractivity contribution >= 4 is 24.3 Å². The Labute approximate surface area is 108 Å². The van der Waals surface area contributed by atoms with Crippen LogP contribution >= 0.6 is 12.4 Å². The van der Waals surface area contributed by atoms with Crippen LogP contribution in [0.1, 0.15) is 26.7 Å². The Morgan fingerprint density at radius 3 is 2.53 bits per heavy atom. The van der Waals surface area contributed by atoms with Crippen molar-refractivity contribution in [3.63, 3.8) is 0 Å². The number of rotatable bonds is 5. The van der Waals surface area contributed by atoms with E-state index in [1.807, 2.05) is 13.8 Å². The van der Waals surface area contributed by atoms with Gasteiger partial charge in [0.15, 0.2) is 0 Å². The number of halogens is 1. The second kappa shape index (κ2) is 7.50. The maximum atomic E-state index is 11.7. The van der Waals surface area contributed by atoms with Crippen LogP contribution < -0.4 is 10.6 Å². The lowest BCUT2D eigenvalue weighted by molar-refractivity contribution is -0.142. The molecule has 0 bridgehead atoms. The minimum Gasteiger partial charge on any atom is -0.480 e. The summed E-state index contributed by atoms with van der Waals surface area (Å²) in [6, 6.07) is -0.756. The van der Waals surface area contributed by atoms with Gasteiger partial charge in [-0.3, -0.25) is 4.79 Å². The van der Waals surface area contributed by atoms with E-state index in [0.717, 1.165) is 13.0 Å². The molecule has 6 heteroatoms. The van der Waals surface area contributed by atoms with E-state index in [9.17, 15) is 9.59 Å². The van der Waals surface area contributed by atoms with Crippen LogP contribution in [0.5, 0.6) is 0 Å². The largest absolute Gasteiger partial charge is 0.480 e. The van der Waals surface area contributed by atoms with Crippen molar-refractivity contribution < 1.29 is 14.7 Å². The molecule has 1 rings (SSSR count). The third kappa shape index (κ3) is 5.37. The highest BCUT2D eigenvalue weighted by molar-refractivity contribution is 5.85. The van der Waals surface area contributed by atoms with Gasteiger partial charge in [0.25, 0.3) is 0 Å². The van der Waals surface area contributed by atoms with Crippen molar-refractivity contribution in [1.82, 2.24) is 10.6 Å². The summed E-state index contributed by atoms with van der Waals surface area (Å²) < 4.78 is 0. The lowest BCUT2D eigenvalue weighted by Gasteiger charge is -2.18. The lowest BCUT2D eigenvalue weighted by Crippen LogP contribution is -2.44. The fraction of sp³-hybridized carbons (Fsp3) is 0.818. The van der Waals surface area contributed by atoms with E-state index in [-0.39, 0.29) is 30.2 Å². The van der Waals surface area contributed by atoms with Gasteiger partial charge >= 0.3 is 5.97 Å². The van der Waals surface area contributed by atoms with Crippen molar-refractivity contribution in [2.75, 3.05) is 13.1 Å². The summed E-state index contributed by atoms with van der Waals surface area (Å²) in [6.07, 6.45) is 1.26. The fourth-order valence-corrected chi connectivity index (χ4v) is 1.86. The summed E-state index contributed by atoms with van der Waals surface area (Å²) in [7, 11) is 0. The molecule has 0 saturated carbocycles. The van der Waals surface area contributed by atoms with Crippen LogP contribution in [0.4, 0.5) is 0 Å². The van der Waals surface area contributed by atoms with E-state index >= 15 is 0 Å². The van der Waals surface area contributed by atoms with Gasteiger partial charge in [0.1, 0.15) is 6.04 Å². The van der Waals surface area contributed by atoms with Crippen LogP contribution in [-0.2, 0) is 9.59 Å². The maximum Gasteiger partial charge on any atom is 0.326 e. The normalized spacial score (nSPS) is 20.8. The van der Waals surface area contributed by atoms with Gasteiger partial charge in [-0.2, -0.15) is 0 Å². The van der Waals surface area contributed by atoms with Crippen molar-refractivity contribution in [1.29, 1.82) is 0 Å². The van der Waals surface area contributed by atoms with Gasteiger partial charge in [-0.15, -0.1) is 12.4 Å². The highest BCUT2D eigenvalue weighted by Gasteiger charge is 2.27. The molecule has 1 aliphatic heterocycles. The summed E-state index contributed by atoms with van der Waals surface area (Å²) in [5.74, 6) is -0.914. The second-order valence-corrected chi connectivity index (χ2v) is 4.72. The van der Waals surface area contributed by atoms with Crippen LogP contribution in [-0.4, -0.2) is 36.1 Å². The van der Waals surface area contributed by atoms with E-state index in [2.05, 4.69) is 10.6 Å². The molecule has 3 N–H and O–H groups in total. The van der Waals surface area contributed by atoms with Gasteiger partial charge in [-0.05, 0) is 25.3 Å². The molecule has 1 heterocycles. The molecule has 17 heavy (non-hydrogen) atoms. The molecule has 1 aliphatic rings. The third-order valence-electron chi connectivity index (χ3n) is 2.75. The predicted molar refractivity (Wildman–Crippen MR) is 67.2 cm³/mol. The number of hydrogen-bond donors (Lipinski definition) is 3. The van der Waals surface area contributed by atoms with E-state index in [0.29, 0.717) is 13.0 Å². The molecular formula is C11H21ClN2O3. The van der Waals surface area contributed by atoms with Crippen molar-refractivity contribution in [2.45, 2.75) is 32.7 Å². The Morgan fingerprint density at radius 2 is 2.12 bits per heavy atom. The minimum atomic E-state index is -0.951. The highest BCUT2D eigenvalue weighted by atomic mass is 35.5. The fourth-order valence-electron chi connectivity index (χ4n) is 1.86. The average molecular weight is 265 g/mol. The molecular weight excluding hydrogens is 244 g/mol. The zero-order valence-corrected chi connectivity index (χ0v) is 11.0. The van der Waals surface area contributed by atoms with E-state index in [4.69, 9.17) is 5.11 Å². The first kappa shape index (κ1) is 16.2. The molecule has 5 nitrogen and oxygen atoms in total. The lowest BCUT2D eigenvalue weighted by atomic mass is 10.0. The number of carbonyl (C=O) groups is 2. The van der Waals surface area contributed by atoms with Gasteiger partial charge < -0.3 is 15.7 Å². The summed E-state index contributed by atoms with van der Waals surface area (Å²) in [4.78, 5) is 22.7. The minimum absolute atomic E-state index is 0. The molecule has 0 aromatic carbocycles. The smallest absolute Gasteiger partial charge is 0.326 e. The molecule has 1 amide bonds. The molecule has 0 aliphatic carbocycles. The topological polar surface area (TPSA) is 78.4 Å². The van der Waals surface area contributed by atoms with E-state index < -0.39 is 12.0 Å². The first-order valence-electron chi connectivity index (χ1n) is 5.74. The highest BCUT2D eigenvalue weighted by Crippen LogP contribution is 2.10. The molecule has 0 spiro atoms. The zero-order valence-electron chi connectivity index (χ0n) is 10.2. The van der Waals surface area contributed by atoms with Gasteiger partial charge in [0.2, 0.25) is 5.91 Å². The van der Waals surface area contributed by atoms with Crippen LogP contribution in [0.25, 0.3) is 0 Å². The quantitative estimate of drug-likeness (QED) is 0.681. The monoisotopic (exact) mass is 264 g/mol. The number of aliphatic carboxylic acids is 1. The number of hydrogen-bond acceptors (Lipinski definition) is 3. The van der Waals surface area contributed by atoms with Crippen LogP contribution in [0.2, 0.25) is 0 Å². The number of amides is 1. The first-order chi connectivity index (χ1) is 7.50. The predicted octanol–water partition coefficient (Wildman–Crippen LogP) is 0.633. The van der Waals surface area contributed by atoms with Crippen molar-refractivity contribution in [2.24, 2.45) is 11.8 Å². The molecule has 1 fully saturated rings. The Balaban J connectivity index is 0.00000256. The Morgan fingerprint density at radius 1 is 1.47 bits per heavy atom. The number of nitrogens with one attached hydrogen (secondary N) is 2. The summed E-state index contributed by atoms with van der Waals surface area (Å²) >= 11 is 0. The Hall–Kier alpha value is -0.810. The first-order valence-corrected chi connectivity index (χ1v) is 5.74. The van der Waals surface area contributed by atoms with E-state index in [1.165, 1.54) is 0 Å². The van der Waals surface area contributed by atoms with Crippen LogP contribution in [0.3, 0.4) is 0 Å². The second-order valence-electron chi connectivity index (χ2n) is 4.72. The van der Waals surface area contributed by atoms with Gasteiger partial charge in [-0.1, -0.05) is 13.8 Å².